The molecule has 0 aliphatic heterocycles. The molecule has 3 rings (SSSR count). The van der Waals surface area contributed by atoms with Crippen molar-refractivity contribution >= 4 is 34.6 Å². The molecule has 0 aliphatic carbocycles. The number of nitrogens with one attached hydrogen (secondary N) is 1. The monoisotopic (exact) mass is 408 g/mol. The van der Waals surface area contributed by atoms with Crippen LogP contribution in [0, 0.1) is 6.92 Å². The first-order valence-corrected chi connectivity index (χ1v) is 9.95. The summed E-state index contributed by atoms with van der Waals surface area (Å²) in [6.07, 6.45) is 0. The van der Waals surface area contributed by atoms with Crippen LogP contribution in [-0.2, 0) is 4.79 Å². The van der Waals surface area contributed by atoms with Gasteiger partial charge in [0.15, 0.2) is 6.61 Å². The van der Waals surface area contributed by atoms with Crippen LogP contribution in [0.1, 0.15) is 19.4 Å². The zero-order valence-electron chi connectivity index (χ0n) is 16.9. The lowest BCUT2D eigenvalue weighted by Crippen LogP contribution is -2.25. The molecule has 4 nitrogen and oxygen atoms in total. The Morgan fingerprint density at radius 3 is 2.28 bits per heavy atom. The average Bonchev–Trinajstić information content (AvgIpc) is 2.71. The molecular formula is C24H25ClN2O2. The molecule has 0 radical (unpaired) electrons. The predicted octanol–water partition coefficient (Wildman–Crippen LogP) is 6.21. The smallest absolute Gasteiger partial charge is 0.262 e. The van der Waals surface area contributed by atoms with Crippen LogP contribution in [0.25, 0.3) is 0 Å². The molecule has 29 heavy (non-hydrogen) atoms. The zero-order chi connectivity index (χ0) is 20.8. The number of para-hydroxylation sites is 1. The third kappa shape index (κ3) is 5.52. The SMILES string of the molecule is Cc1cc(OCC(=O)Nc2ccc(N(c3ccccc3)C(C)C)cc2)ccc1Cl. The highest BCUT2D eigenvalue weighted by atomic mass is 35.5. The number of nitrogens with zero attached hydrogens (tertiary/aromatic N) is 1. The van der Waals surface area contributed by atoms with Gasteiger partial charge in [0.25, 0.3) is 5.91 Å². The Morgan fingerprint density at radius 2 is 1.66 bits per heavy atom. The minimum atomic E-state index is -0.214. The van der Waals surface area contributed by atoms with Gasteiger partial charge in [-0.25, -0.2) is 0 Å². The second kappa shape index (κ2) is 9.48. The van der Waals surface area contributed by atoms with Crippen molar-refractivity contribution in [2.45, 2.75) is 26.8 Å². The lowest BCUT2D eigenvalue weighted by Gasteiger charge is -2.29. The number of carbonyl (C=O) groups is 1. The second-order valence-electron chi connectivity index (χ2n) is 7.09. The number of amides is 1. The number of hydrogen-bond donors (Lipinski definition) is 1. The molecule has 0 bridgehead atoms. The fraction of sp³-hybridized carbons (Fsp3) is 0.208. The summed E-state index contributed by atoms with van der Waals surface area (Å²) in [5.41, 5.74) is 3.84. The number of ether oxygens (including phenoxy) is 1. The van der Waals surface area contributed by atoms with Gasteiger partial charge in [-0.15, -0.1) is 0 Å². The van der Waals surface area contributed by atoms with Crippen molar-refractivity contribution in [2.24, 2.45) is 0 Å². The molecule has 150 valence electrons. The van der Waals surface area contributed by atoms with Crippen LogP contribution >= 0.6 is 11.6 Å². The van der Waals surface area contributed by atoms with E-state index in [0.717, 1.165) is 22.6 Å². The quantitative estimate of drug-likeness (QED) is 0.505. The summed E-state index contributed by atoms with van der Waals surface area (Å²) in [7, 11) is 0. The molecule has 0 heterocycles. The van der Waals surface area contributed by atoms with Crippen molar-refractivity contribution < 1.29 is 9.53 Å². The molecule has 1 amide bonds. The van der Waals surface area contributed by atoms with Gasteiger partial charge in [0, 0.05) is 28.1 Å². The Bertz CT molecular complexity index is 956. The third-order valence-electron chi connectivity index (χ3n) is 4.48. The summed E-state index contributed by atoms with van der Waals surface area (Å²) in [5, 5.41) is 3.54. The molecule has 0 spiro atoms. The lowest BCUT2D eigenvalue weighted by atomic mass is 10.2. The van der Waals surface area contributed by atoms with Crippen LogP contribution in [0.4, 0.5) is 17.1 Å². The molecule has 0 fully saturated rings. The molecule has 1 N–H and O–H groups in total. The van der Waals surface area contributed by atoms with Gasteiger partial charge in [-0.05, 0) is 80.9 Å². The number of anilines is 3. The van der Waals surface area contributed by atoms with Gasteiger partial charge in [-0.1, -0.05) is 29.8 Å². The van der Waals surface area contributed by atoms with E-state index in [-0.39, 0.29) is 12.5 Å². The zero-order valence-corrected chi connectivity index (χ0v) is 17.6. The molecule has 0 aliphatic rings. The number of hydrogen-bond acceptors (Lipinski definition) is 3. The topological polar surface area (TPSA) is 41.6 Å². The maximum Gasteiger partial charge on any atom is 0.262 e. The van der Waals surface area contributed by atoms with E-state index in [9.17, 15) is 4.79 Å². The van der Waals surface area contributed by atoms with Crippen LogP contribution in [0.5, 0.6) is 5.75 Å². The largest absolute Gasteiger partial charge is 0.484 e. The summed E-state index contributed by atoms with van der Waals surface area (Å²) < 4.78 is 5.55. The van der Waals surface area contributed by atoms with Gasteiger partial charge in [0.2, 0.25) is 0 Å². The van der Waals surface area contributed by atoms with E-state index >= 15 is 0 Å². The van der Waals surface area contributed by atoms with Crippen molar-refractivity contribution in [3.05, 3.63) is 83.4 Å². The first kappa shape index (κ1) is 20.7. The van der Waals surface area contributed by atoms with Crippen molar-refractivity contribution in [2.75, 3.05) is 16.8 Å². The van der Waals surface area contributed by atoms with Crippen molar-refractivity contribution in [1.82, 2.24) is 0 Å². The summed E-state index contributed by atoms with van der Waals surface area (Å²) in [4.78, 5) is 14.5. The molecule has 3 aromatic rings. The molecule has 0 unspecified atom stereocenters. The molecule has 0 aromatic heterocycles. The van der Waals surface area contributed by atoms with E-state index in [4.69, 9.17) is 16.3 Å². The minimum absolute atomic E-state index is 0.0645. The Kier molecular flexibility index (Phi) is 6.78. The van der Waals surface area contributed by atoms with Gasteiger partial charge in [0.05, 0.1) is 0 Å². The van der Waals surface area contributed by atoms with Crippen molar-refractivity contribution in [3.63, 3.8) is 0 Å². The number of carbonyl (C=O) groups excluding carboxylic acids is 1. The standard InChI is InChI=1S/C24H25ClN2O2/c1-17(2)27(20-7-5-4-6-8-20)21-11-9-19(10-12-21)26-24(28)16-29-22-13-14-23(25)18(3)15-22/h4-15,17H,16H2,1-3H3,(H,26,28). The van der Waals surface area contributed by atoms with Crippen LogP contribution < -0.4 is 15.0 Å². The normalized spacial score (nSPS) is 10.7. The fourth-order valence-electron chi connectivity index (χ4n) is 3.09. The molecule has 3 aromatic carbocycles. The number of rotatable bonds is 7. The van der Waals surface area contributed by atoms with Crippen LogP contribution in [0.2, 0.25) is 5.02 Å². The predicted molar refractivity (Wildman–Crippen MR) is 120 cm³/mol. The maximum absolute atomic E-state index is 12.2. The Morgan fingerprint density at radius 1 is 1.00 bits per heavy atom. The van der Waals surface area contributed by atoms with Crippen molar-refractivity contribution in [1.29, 1.82) is 0 Å². The summed E-state index contributed by atoms with van der Waals surface area (Å²) in [6, 6.07) is 23.7. The fourth-order valence-corrected chi connectivity index (χ4v) is 3.21. The van der Waals surface area contributed by atoms with E-state index in [1.165, 1.54) is 0 Å². The van der Waals surface area contributed by atoms with E-state index in [1.54, 1.807) is 12.1 Å². The summed E-state index contributed by atoms with van der Waals surface area (Å²) in [6.45, 7) is 6.13. The van der Waals surface area contributed by atoms with Crippen LogP contribution in [-0.4, -0.2) is 18.6 Å². The maximum atomic E-state index is 12.2. The molecular weight excluding hydrogens is 384 g/mol. The van der Waals surface area contributed by atoms with Crippen LogP contribution in [0.15, 0.2) is 72.8 Å². The summed E-state index contributed by atoms with van der Waals surface area (Å²) in [5.74, 6) is 0.405. The van der Waals surface area contributed by atoms with E-state index in [1.807, 2.05) is 55.5 Å². The Hall–Kier alpha value is -2.98. The first-order valence-electron chi connectivity index (χ1n) is 9.57. The lowest BCUT2D eigenvalue weighted by molar-refractivity contribution is -0.118. The Balaban J connectivity index is 1.62. The highest BCUT2D eigenvalue weighted by Crippen LogP contribution is 2.28. The highest BCUT2D eigenvalue weighted by Gasteiger charge is 2.13. The average molecular weight is 409 g/mol. The number of halogens is 1. The van der Waals surface area contributed by atoms with Gasteiger partial charge in [-0.2, -0.15) is 0 Å². The minimum Gasteiger partial charge on any atom is -0.484 e. The Labute approximate surface area is 177 Å². The molecule has 0 saturated heterocycles. The second-order valence-corrected chi connectivity index (χ2v) is 7.50. The van der Waals surface area contributed by atoms with Crippen LogP contribution in [0.3, 0.4) is 0 Å². The molecule has 0 atom stereocenters. The van der Waals surface area contributed by atoms with Gasteiger partial charge in [0.1, 0.15) is 5.75 Å². The summed E-state index contributed by atoms with van der Waals surface area (Å²) >= 11 is 6.01. The van der Waals surface area contributed by atoms with E-state index in [0.29, 0.717) is 16.8 Å². The van der Waals surface area contributed by atoms with E-state index < -0.39 is 0 Å². The van der Waals surface area contributed by atoms with Gasteiger partial charge < -0.3 is 15.0 Å². The van der Waals surface area contributed by atoms with E-state index in [2.05, 4.69) is 36.2 Å². The number of benzene rings is 3. The molecule has 0 saturated carbocycles. The van der Waals surface area contributed by atoms with Crippen molar-refractivity contribution in [3.8, 4) is 5.75 Å². The first-order chi connectivity index (χ1) is 13.9. The van der Waals surface area contributed by atoms with Gasteiger partial charge >= 0.3 is 0 Å². The third-order valence-corrected chi connectivity index (χ3v) is 4.90. The highest BCUT2D eigenvalue weighted by molar-refractivity contribution is 6.31. The number of aryl methyl sites for hydroxylation is 1. The molecule has 5 heteroatoms. The van der Waals surface area contributed by atoms with Gasteiger partial charge in [-0.3, -0.25) is 4.79 Å².